The highest BCUT2D eigenvalue weighted by Crippen LogP contribution is 2.25. The van der Waals surface area contributed by atoms with Gasteiger partial charge in [0.05, 0.1) is 0 Å². The molecule has 0 aliphatic heterocycles. The summed E-state index contributed by atoms with van der Waals surface area (Å²) in [6.45, 7) is 7.06. The van der Waals surface area contributed by atoms with Crippen molar-refractivity contribution < 1.29 is 4.79 Å². The molecule has 0 saturated carbocycles. The van der Waals surface area contributed by atoms with Gasteiger partial charge in [0.15, 0.2) is 0 Å². The third-order valence-corrected chi connectivity index (χ3v) is 4.88. The predicted octanol–water partition coefficient (Wildman–Crippen LogP) is 5.94. The van der Waals surface area contributed by atoms with Gasteiger partial charge in [-0.3, -0.25) is 0 Å². The first-order chi connectivity index (χ1) is 13.4. The van der Waals surface area contributed by atoms with E-state index in [1.54, 1.807) is 0 Å². The van der Waals surface area contributed by atoms with Crippen molar-refractivity contribution in [3.63, 3.8) is 0 Å². The average Bonchev–Trinajstić information content (AvgIpc) is 2.69. The molecule has 0 heterocycles. The summed E-state index contributed by atoms with van der Waals surface area (Å²) >= 11 is 0. The molecule has 0 aliphatic rings. The number of benzene rings is 3. The fourth-order valence-corrected chi connectivity index (χ4v) is 3.22. The van der Waals surface area contributed by atoms with E-state index in [4.69, 9.17) is 0 Å². The Hall–Kier alpha value is -3.07. The molecular weight excluding hydrogens is 344 g/mol. The number of nitrogens with one attached hydrogen (secondary N) is 2. The van der Waals surface area contributed by atoms with Gasteiger partial charge < -0.3 is 10.6 Å². The number of hydrogen-bond acceptors (Lipinski definition) is 1. The summed E-state index contributed by atoms with van der Waals surface area (Å²) in [5.41, 5.74) is 4.50. The van der Waals surface area contributed by atoms with Crippen LogP contribution in [0.4, 0.5) is 10.5 Å². The van der Waals surface area contributed by atoms with Crippen molar-refractivity contribution in [2.24, 2.45) is 0 Å². The Morgan fingerprint density at radius 1 is 0.786 bits per heavy atom. The van der Waals surface area contributed by atoms with Crippen LogP contribution in [0, 0.1) is 0 Å². The minimum absolute atomic E-state index is 0.0966. The van der Waals surface area contributed by atoms with E-state index in [1.807, 2.05) is 48.5 Å². The zero-order chi connectivity index (χ0) is 20.0. The molecule has 0 bridgehead atoms. The van der Waals surface area contributed by atoms with Gasteiger partial charge in [0.2, 0.25) is 0 Å². The second-order valence-electron chi connectivity index (χ2n) is 8.04. The smallest absolute Gasteiger partial charge is 0.319 e. The number of anilines is 1. The van der Waals surface area contributed by atoms with Gasteiger partial charge in [-0.25, -0.2) is 4.79 Å². The molecule has 144 valence electrons. The third-order valence-electron chi connectivity index (χ3n) is 4.88. The van der Waals surface area contributed by atoms with Crippen LogP contribution < -0.4 is 10.6 Å². The zero-order valence-electron chi connectivity index (χ0n) is 16.8. The van der Waals surface area contributed by atoms with E-state index in [0.717, 1.165) is 5.69 Å². The van der Waals surface area contributed by atoms with Crippen molar-refractivity contribution in [2.75, 3.05) is 11.9 Å². The Kier molecular flexibility index (Phi) is 6.15. The molecule has 0 aromatic heterocycles. The molecule has 2 N–H and O–H groups in total. The number of amides is 2. The van der Waals surface area contributed by atoms with Gasteiger partial charge in [-0.2, -0.15) is 0 Å². The Bertz CT molecular complexity index is 842. The molecule has 0 saturated heterocycles. The highest BCUT2D eigenvalue weighted by Gasteiger charge is 2.16. The van der Waals surface area contributed by atoms with Crippen LogP contribution in [-0.4, -0.2) is 12.6 Å². The molecule has 28 heavy (non-hydrogen) atoms. The van der Waals surface area contributed by atoms with Crippen LogP contribution >= 0.6 is 0 Å². The Balaban J connectivity index is 1.65. The van der Waals surface area contributed by atoms with Gasteiger partial charge in [-0.15, -0.1) is 0 Å². The van der Waals surface area contributed by atoms with Crippen molar-refractivity contribution >= 4 is 11.7 Å². The molecule has 0 unspecified atom stereocenters. The molecule has 3 aromatic carbocycles. The molecular formula is C25H28N2O. The fourth-order valence-electron chi connectivity index (χ4n) is 3.22. The Labute approximate surface area is 167 Å². The molecule has 3 heteroatoms. The van der Waals surface area contributed by atoms with Crippen LogP contribution in [-0.2, 0) is 5.41 Å². The molecule has 0 spiro atoms. The molecule has 0 radical (unpaired) electrons. The standard InChI is InChI=1S/C25H28N2O/c1-25(2,3)21-14-16-22(17-15-21)27-24(28)26-18-23(19-10-6-4-7-11-19)20-12-8-5-9-13-20/h4-17,23H,18H2,1-3H3,(H2,26,27,28). The highest BCUT2D eigenvalue weighted by molar-refractivity contribution is 5.89. The third kappa shape index (κ3) is 5.23. The summed E-state index contributed by atoms with van der Waals surface area (Å²) in [6.07, 6.45) is 0. The van der Waals surface area contributed by atoms with Crippen molar-refractivity contribution in [2.45, 2.75) is 32.1 Å². The van der Waals surface area contributed by atoms with E-state index in [0.29, 0.717) is 6.54 Å². The maximum Gasteiger partial charge on any atom is 0.319 e. The molecule has 0 atom stereocenters. The normalized spacial score (nSPS) is 11.3. The van der Waals surface area contributed by atoms with E-state index in [9.17, 15) is 4.79 Å². The molecule has 0 aliphatic carbocycles. The lowest BCUT2D eigenvalue weighted by atomic mass is 9.87. The van der Waals surface area contributed by atoms with Gasteiger partial charge in [0.1, 0.15) is 0 Å². The largest absolute Gasteiger partial charge is 0.337 e. The first kappa shape index (κ1) is 19.7. The first-order valence-corrected chi connectivity index (χ1v) is 9.69. The van der Waals surface area contributed by atoms with E-state index in [1.165, 1.54) is 16.7 Å². The van der Waals surface area contributed by atoms with E-state index < -0.39 is 0 Å². The summed E-state index contributed by atoms with van der Waals surface area (Å²) in [5.74, 6) is 0.108. The van der Waals surface area contributed by atoms with Crippen molar-refractivity contribution in [3.8, 4) is 0 Å². The SMILES string of the molecule is CC(C)(C)c1ccc(NC(=O)NCC(c2ccccc2)c2ccccc2)cc1. The molecule has 3 rings (SSSR count). The van der Waals surface area contributed by atoms with E-state index in [-0.39, 0.29) is 17.4 Å². The Morgan fingerprint density at radius 2 is 1.29 bits per heavy atom. The number of urea groups is 1. The summed E-state index contributed by atoms with van der Waals surface area (Å²) in [7, 11) is 0. The predicted molar refractivity (Wildman–Crippen MR) is 117 cm³/mol. The number of carbonyl (C=O) groups is 1. The van der Waals surface area contributed by atoms with E-state index in [2.05, 4.69) is 67.8 Å². The van der Waals surface area contributed by atoms with Crippen molar-refractivity contribution in [1.29, 1.82) is 0 Å². The van der Waals surface area contributed by atoms with E-state index >= 15 is 0 Å². The van der Waals surface area contributed by atoms with Crippen LogP contribution in [0.2, 0.25) is 0 Å². The van der Waals surface area contributed by atoms with Crippen LogP contribution in [0.15, 0.2) is 84.9 Å². The molecule has 0 fully saturated rings. The monoisotopic (exact) mass is 372 g/mol. The quantitative estimate of drug-likeness (QED) is 0.572. The lowest BCUT2D eigenvalue weighted by molar-refractivity contribution is 0.252. The second-order valence-corrected chi connectivity index (χ2v) is 8.04. The van der Waals surface area contributed by atoms with Gasteiger partial charge in [0, 0.05) is 18.2 Å². The zero-order valence-corrected chi connectivity index (χ0v) is 16.8. The van der Waals surface area contributed by atoms with Gasteiger partial charge in [-0.1, -0.05) is 93.6 Å². The van der Waals surface area contributed by atoms with Crippen molar-refractivity contribution in [1.82, 2.24) is 5.32 Å². The van der Waals surface area contributed by atoms with Crippen LogP contribution in [0.3, 0.4) is 0 Å². The summed E-state index contributed by atoms with van der Waals surface area (Å²) in [5, 5.41) is 5.95. The minimum atomic E-state index is -0.194. The first-order valence-electron chi connectivity index (χ1n) is 9.69. The summed E-state index contributed by atoms with van der Waals surface area (Å²) < 4.78 is 0. The van der Waals surface area contributed by atoms with Crippen LogP contribution in [0.5, 0.6) is 0 Å². The van der Waals surface area contributed by atoms with Crippen LogP contribution in [0.1, 0.15) is 43.4 Å². The number of carbonyl (C=O) groups excluding carboxylic acids is 1. The van der Waals surface area contributed by atoms with Gasteiger partial charge in [0.25, 0.3) is 0 Å². The van der Waals surface area contributed by atoms with Gasteiger partial charge >= 0.3 is 6.03 Å². The van der Waals surface area contributed by atoms with Gasteiger partial charge in [-0.05, 0) is 34.2 Å². The maximum absolute atomic E-state index is 12.4. The van der Waals surface area contributed by atoms with Crippen LogP contribution in [0.25, 0.3) is 0 Å². The lowest BCUT2D eigenvalue weighted by Crippen LogP contribution is -2.32. The summed E-state index contributed by atoms with van der Waals surface area (Å²) in [4.78, 5) is 12.4. The Morgan fingerprint density at radius 3 is 1.75 bits per heavy atom. The fraction of sp³-hybridized carbons (Fsp3) is 0.240. The lowest BCUT2D eigenvalue weighted by Gasteiger charge is -2.20. The topological polar surface area (TPSA) is 41.1 Å². The second kappa shape index (κ2) is 8.75. The number of hydrogen-bond donors (Lipinski definition) is 2. The summed E-state index contributed by atoms with van der Waals surface area (Å²) in [6, 6.07) is 28.4. The number of rotatable bonds is 5. The molecule has 3 aromatic rings. The van der Waals surface area contributed by atoms with Crippen molar-refractivity contribution in [3.05, 3.63) is 102 Å². The highest BCUT2D eigenvalue weighted by atomic mass is 16.2. The molecule has 2 amide bonds. The minimum Gasteiger partial charge on any atom is -0.337 e. The molecule has 3 nitrogen and oxygen atoms in total. The maximum atomic E-state index is 12.4. The average molecular weight is 373 g/mol.